The van der Waals surface area contributed by atoms with Gasteiger partial charge >= 0.3 is 0 Å². The van der Waals surface area contributed by atoms with Crippen LogP contribution in [-0.2, 0) is 0 Å². The average molecular weight is 210 g/mol. The molecule has 0 unspecified atom stereocenters. The first kappa shape index (κ1) is 7.81. The number of hydrogen-bond donors (Lipinski definition) is 1. The fourth-order valence-electron chi connectivity index (χ4n) is 2.13. The zero-order valence-corrected chi connectivity index (χ0v) is 8.14. The second-order valence-electron chi connectivity index (χ2n) is 3.71. The quantitative estimate of drug-likeness (QED) is 0.572. The minimum absolute atomic E-state index is 0.239. The first-order chi connectivity index (χ1) is 7.84. The largest absolute Gasteiger partial charge is 0.365 e. The molecular formula is C11H6N4O. The molecule has 1 aliphatic rings. The van der Waals surface area contributed by atoms with E-state index in [-0.39, 0.29) is 5.56 Å². The third-order valence-electron chi connectivity index (χ3n) is 2.83. The Morgan fingerprint density at radius 3 is 3.12 bits per heavy atom. The zero-order valence-electron chi connectivity index (χ0n) is 8.14. The van der Waals surface area contributed by atoms with E-state index in [2.05, 4.69) is 15.0 Å². The molecule has 5 heteroatoms. The van der Waals surface area contributed by atoms with E-state index in [1.807, 2.05) is 22.6 Å². The Kier molecular flexibility index (Phi) is 1.16. The van der Waals surface area contributed by atoms with Gasteiger partial charge in [-0.25, -0.2) is 4.98 Å². The van der Waals surface area contributed by atoms with E-state index in [9.17, 15) is 4.79 Å². The maximum absolute atomic E-state index is 11.7. The topological polar surface area (TPSA) is 63.1 Å². The fourth-order valence-corrected chi connectivity index (χ4v) is 2.13. The minimum Gasteiger partial charge on any atom is -0.365 e. The molecule has 3 aromatic rings. The normalized spacial score (nSPS) is 13.5. The third-order valence-corrected chi connectivity index (χ3v) is 2.83. The summed E-state index contributed by atoms with van der Waals surface area (Å²) in [4.78, 5) is 22.9. The lowest BCUT2D eigenvalue weighted by molar-refractivity contribution is 1.12. The standard InChI is InChI=1S/C11H6N4O/c16-10-6-4-12-5-9(6)15-8-3-1-2-7(8)13-11(15)14-10/h1-5,12H. The van der Waals surface area contributed by atoms with Gasteiger partial charge in [-0.1, -0.05) is 6.08 Å². The first-order valence-corrected chi connectivity index (χ1v) is 4.92. The van der Waals surface area contributed by atoms with Gasteiger partial charge in [0.2, 0.25) is 5.78 Å². The molecule has 0 atom stereocenters. The number of fused-ring (bicyclic) bond motifs is 5. The lowest BCUT2D eigenvalue weighted by Crippen LogP contribution is -2.15. The maximum Gasteiger partial charge on any atom is 0.283 e. The zero-order chi connectivity index (χ0) is 10.7. The van der Waals surface area contributed by atoms with Crippen molar-refractivity contribution in [1.82, 2.24) is 19.4 Å². The summed E-state index contributed by atoms with van der Waals surface area (Å²) in [5, 5.41) is 1.57. The van der Waals surface area contributed by atoms with Crippen molar-refractivity contribution in [2.45, 2.75) is 0 Å². The predicted molar refractivity (Wildman–Crippen MR) is 59.8 cm³/mol. The second-order valence-corrected chi connectivity index (χ2v) is 3.71. The fraction of sp³-hybridized carbons (Fsp3) is 0. The molecular weight excluding hydrogens is 204 g/mol. The van der Waals surface area contributed by atoms with Crippen molar-refractivity contribution < 1.29 is 0 Å². The molecule has 0 bridgehead atoms. The Balaban J connectivity index is 2.46. The summed E-state index contributed by atoms with van der Waals surface area (Å²) in [6.07, 6.45) is 9.27. The van der Waals surface area contributed by atoms with Crippen LogP contribution in [0.2, 0.25) is 0 Å². The van der Waals surface area contributed by atoms with Crippen molar-refractivity contribution in [2.24, 2.45) is 0 Å². The highest BCUT2D eigenvalue weighted by Gasteiger charge is 2.12. The van der Waals surface area contributed by atoms with Crippen LogP contribution < -0.4 is 10.9 Å². The molecule has 0 fully saturated rings. The summed E-state index contributed by atoms with van der Waals surface area (Å²) in [6, 6.07) is 0. The summed E-state index contributed by atoms with van der Waals surface area (Å²) in [7, 11) is 0. The smallest absolute Gasteiger partial charge is 0.283 e. The van der Waals surface area contributed by atoms with Crippen LogP contribution >= 0.6 is 0 Å². The van der Waals surface area contributed by atoms with Crippen molar-refractivity contribution in [1.29, 1.82) is 0 Å². The number of allylic oxidation sites excluding steroid dienone is 1. The van der Waals surface area contributed by atoms with E-state index in [0.717, 1.165) is 16.6 Å². The third kappa shape index (κ3) is 0.748. The number of aromatic amines is 1. The number of nitrogens with zero attached hydrogens (tertiary/aromatic N) is 3. The summed E-state index contributed by atoms with van der Waals surface area (Å²) in [5.74, 6) is 0.461. The van der Waals surface area contributed by atoms with E-state index < -0.39 is 0 Å². The molecule has 5 nitrogen and oxygen atoms in total. The van der Waals surface area contributed by atoms with Gasteiger partial charge in [-0.05, 0) is 12.2 Å². The highest BCUT2D eigenvalue weighted by Crippen LogP contribution is 2.10. The van der Waals surface area contributed by atoms with Gasteiger partial charge in [0.25, 0.3) is 5.56 Å². The molecule has 16 heavy (non-hydrogen) atoms. The van der Waals surface area contributed by atoms with Crippen molar-refractivity contribution in [2.75, 3.05) is 0 Å². The molecule has 1 aliphatic carbocycles. The monoisotopic (exact) mass is 210 g/mol. The molecule has 0 saturated heterocycles. The van der Waals surface area contributed by atoms with Crippen molar-refractivity contribution in [3.8, 4) is 0 Å². The molecule has 0 aromatic carbocycles. The summed E-state index contributed by atoms with van der Waals surface area (Å²) in [6.45, 7) is 0. The van der Waals surface area contributed by atoms with E-state index in [1.54, 1.807) is 12.4 Å². The van der Waals surface area contributed by atoms with Gasteiger partial charge in [0.05, 0.1) is 21.9 Å². The van der Waals surface area contributed by atoms with Gasteiger partial charge in [-0.15, -0.1) is 0 Å². The Morgan fingerprint density at radius 1 is 1.25 bits per heavy atom. The lowest BCUT2D eigenvalue weighted by Gasteiger charge is -1.93. The van der Waals surface area contributed by atoms with Gasteiger partial charge in [0.1, 0.15) is 0 Å². The molecule has 3 aromatic heterocycles. The number of aromatic nitrogens is 4. The number of H-pyrrole nitrogens is 1. The minimum atomic E-state index is -0.239. The van der Waals surface area contributed by atoms with Crippen LogP contribution in [0.5, 0.6) is 0 Å². The Morgan fingerprint density at radius 2 is 2.19 bits per heavy atom. The van der Waals surface area contributed by atoms with E-state index >= 15 is 0 Å². The Hall–Kier alpha value is -2.43. The number of imidazole rings is 1. The maximum atomic E-state index is 11.7. The number of nitrogens with one attached hydrogen (secondary N) is 1. The summed E-state index contributed by atoms with van der Waals surface area (Å²) >= 11 is 0. The average Bonchev–Trinajstić information content (AvgIpc) is 2.87. The Labute approximate surface area is 88.8 Å². The van der Waals surface area contributed by atoms with Crippen molar-refractivity contribution in [3.63, 3.8) is 0 Å². The number of hydrogen-bond acceptors (Lipinski definition) is 3. The molecule has 4 rings (SSSR count). The molecule has 3 heterocycles. The van der Waals surface area contributed by atoms with Gasteiger partial charge in [-0.3, -0.25) is 9.20 Å². The molecule has 0 aliphatic heterocycles. The van der Waals surface area contributed by atoms with E-state index in [0.29, 0.717) is 11.2 Å². The van der Waals surface area contributed by atoms with Crippen LogP contribution in [0.25, 0.3) is 28.8 Å². The van der Waals surface area contributed by atoms with Gasteiger partial charge in [0, 0.05) is 12.4 Å². The molecule has 0 spiro atoms. The molecule has 0 saturated carbocycles. The van der Waals surface area contributed by atoms with Crippen LogP contribution in [0, 0.1) is 0 Å². The van der Waals surface area contributed by atoms with Crippen LogP contribution in [0.3, 0.4) is 0 Å². The van der Waals surface area contributed by atoms with Gasteiger partial charge in [-0.2, -0.15) is 4.98 Å². The molecule has 76 valence electrons. The summed E-state index contributed by atoms with van der Waals surface area (Å²) in [5.41, 5.74) is 1.45. The lowest BCUT2D eigenvalue weighted by atomic mass is 10.4. The van der Waals surface area contributed by atoms with Crippen molar-refractivity contribution in [3.05, 3.63) is 39.9 Å². The predicted octanol–water partition coefficient (Wildman–Crippen LogP) is 0.0970. The van der Waals surface area contributed by atoms with Crippen LogP contribution in [0.4, 0.5) is 0 Å². The molecule has 1 N–H and O–H groups in total. The summed E-state index contributed by atoms with van der Waals surface area (Å²) < 4.78 is 1.89. The van der Waals surface area contributed by atoms with Crippen LogP contribution in [0.1, 0.15) is 5.69 Å². The van der Waals surface area contributed by atoms with Crippen LogP contribution in [0.15, 0.2) is 23.3 Å². The highest BCUT2D eigenvalue weighted by atomic mass is 16.1. The van der Waals surface area contributed by atoms with E-state index in [1.165, 1.54) is 0 Å². The SMILES string of the molecule is O=c1nc2nc3c(n2c2c[nH]cc12)=CC=C3. The Bertz CT molecular complexity index is 869. The number of rotatable bonds is 0. The van der Waals surface area contributed by atoms with Crippen molar-refractivity contribution >= 4 is 28.8 Å². The molecule has 0 radical (unpaired) electrons. The first-order valence-electron chi connectivity index (χ1n) is 4.92. The van der Waals surface area contributed by atoms with E-state index in [4.69, 9.17) is 0 Å². The highest BCUT2D eigenvalue weighted by molar-refractivity contribution is 5.80. The second kappa shape index (κ2) is 2.38. The van der Waals surface area contributed by atoms with Gasteiger partial charge < -0.3 is 4.98 Å². The molecule has 0 amide bonds. The van der Waals surface area contributed by atoms with Gasteiger partial charge in [0.15, 0.2) is 0 Å². The van der Waals surface area contributed by atoms with Crippen LogP contribution in [-0.4, -0.2) is 19.4 Å².